The first-order chi connectivity index (χ1) is 3.84. The lowest BCUT2D eigenvalue weighted by atomic mass is 10.5. The van der Waals surface area contributed by atoms with Crippen LogP contribution in [0.1, 0.15) is 13.8 Å². The average Bonchev–Trinajstić information content (AvgIpc) is 2.14. The summed E-state index contributed by atoms with van der Waals surface area (Å²) in [6.07, 6.45) is 1.80. The second kappa shape index (κ2) is 2.07. The topological polar surface area (TPSA) is 12.5 Å². The van der Waals surface area contributed by atoms with Crippen molar-refractivity contribution in [1.29, 1.82) is 0 Å². The third-order valence-corrected chi connectivity index (χ3v) is 1.36. The molecule has 0 saturated heterocycles. The lowest BCUT2D eigenvalue weighted by Gasteiger charge is -2.13. The van der Waals surface area contributed by atoms with E-state index in [0.717, 1.165) is 13.3 Å². The van der Waals surface area contributed by atoms with Crippen LogP contribution in [-0.2, 0) is 4.74 Å². The van der Waals surface area contributed by atoms with Crippen LogP contribution in [0.2, 0.25) is 0 Å². The lowest BCUT2D eigenvalue weighted by Crippen LogP contribution is -2.17. The van der Waals surface area contributed by atoms with Gasteiger partial charge in [0.15, 0.2) is 6.73 Å². The molecule has 46 valence electrons. The highest BCUT2D eigenvalue weighted by Crippen LogP contribution is 2.09. The van der Waals surface area contributed by atoms with Crippen LogP contribution in [0.15, 0.2) is 12.0 Å². The van der Waals surface area contributed by atoms with E-state index < -0.39 is 0 Å². The Morgan fingerprint density at radius 2 is 2.62 bits per heavy atom. The molecular formula is C6H11NO. The van der Waals surface area contributed by atoms with Crippen molar-refractivity contribution in [2.75, 3.05) is 13.3 Å². The quantitative estimate of drug-likeness (QED) is 0.506. The smallest absolute Gasteiger partial charge is 0.160 e. The van der Waals surface area contributed by atoms with Gasteiger partial charge in [0.1, 0.15) is 6.26 Å². The molecule has 0 atom stereocenters. The summed E-state index contributed by atoms with van der Waals surface area (Å²) in [4.78, 5) is 2.17. The number of ether oxygens (including phenoxy) is 1. The molecule has 0 spiro atoms. The molecule has 0 aromatic carbocycles. The normalized spacial score (nSPS) is 18.2. The molecule has 0 unspecified atom stereocenters. The number of allylic oxidation sites excluding steroid dienone is 1. The van der Waals surface area contributed by atoms with Crippen molar-refractivity contribution in [1.82, 2.24) is 4.90 Å². The van der Waals surface area contributed by atoms with Crippen LogP contribution in [-0.4, -0.2) is 18.2 Å². The second-order valence-corrected chi connectivity index (χ2v) is 1.91. The highest BCUT2D eigenvalue weighted by molar-refractivity contribution is 4.95. The van der Waals surface area contributed by atoms with Crippen molar-refractivity contribution in [3.8, 4) is 0 Å². The minimum absolute atomic E-state index is 0.738. The van der Waals surface area contributed by atoms with Gasteiger partial charge in [0.25, 0.3) is 0 Å². The van der Waals surface area contributed by atoms with Crippen molar-refractivity contribution in [2.45, 2.75) is 13.8 Å². The molecule has 1 aliphatic heterocycles. The summed E-state index contributed by atoms with van der Waals surface area (Å²) in [5.41, 5.74) is 1.23. The molecule has 0 aromatic rings. The summed E-state index contributed by atoms with van der Waals surface area (Å²) in [5.74, 6) is 0. The van der Waals surface area contributed by atoms with Gasteiger partial charge >= 0.3 is 0 Å². The Morgan fingerprint density at radius 1 is 1.88 bits per heavy atom. The van der Waals surface area contributed by atoms with Crippen molar-refractivity contribution < 1.29 is 4.74 Å². The molecular weight excluding hydrogens is 102 g/mol. The molecule has 0 bridgehead atoms. The third-order valence-electron chi connectivity index (χ3n) is 1.36. The van der Waals surface area contributed by atoms with Crippen molar-refractivity contribution in [3.05, 3.63) is 12.0 Å². The molecule has 0 N–H and O–H groups in total. The summed E-state index contributed by atoms with van der Waals surface area (Å²) in [5, 5.41) is 0. The highest BCUT2D eigenvalue weighted by atomic mass is 16.5. The molecule has 0 aromatic heterocycles. The number of rotatable bonds is 1. The molecule has 2 heteroatoms. The van der Waals surface area contributed by atoms with Crippen molar-refractivity contribution in [2.24, 2.45) is 0 Å². The predicted molar refractivity (Wildman–Crippen MR) is 32.1 cm³/mol. The predicted octanol–water partition coefficient (Wildman–Crippen LogP) is 1.16. The Balaban J connectivity index is 2.46. The molecule has 0 fully saturated rings. The van der Waals surface area contributed by atoms with E-state index in [1.807, 2.05) is 0 Å². The minimum Gasteiger partial charge on any atom is -0.479 e. The van der Waals surface area contributed by atoms with Crippen LogP contribution in [0.5, 0.6) is 0 Å². The minimum atomic E-state index is 0.738. The Morgan fingerprint density at radius 3 is 2.88 bits per heavy atom. The zero-order valence-electron chi connectivity index (χ0n) is 5.35. The van der Waals surface area contributed by atoms with E-state index in [-0.39, 0.29) is 0 Å². The Hall–Kier alpha value is -0.660. The zero-order chi connectivity index (χ0) is 5.98. The van der Waals surface area contributed by atoms with E-state index >= 15 is 0 Å². The summed E-state index contributed by atoms with van der Waals surface area (Å²) >= 11 is 0. The summed E-state index contributed by atoms with van der Waals surface area (Å²) in [7, 11) is 0. The van der Waals surface area contributed by atoms with Gasteiger partial charge in [0, 0.05) is 12.2 Å². The molecule has 1 heterocycles. The molecule has 0 amide bonds. The molecule has 0 saturated carbocycles. The van der Waals surface area contributed by atoms with Crippen molar-refractivity contribution >= 4 is 0 Å². The standard InChI is InChI=1S/C6H11NO/c1-3-7-5-8-4-6(7)2/h4H,3,5H2,1-2H3. The monoisotopic (exact) mass is 113 g/mol. The maximum atomic E-state index is 5.02. The highest BCUT2D eigenvalue weighted by Gasteiger charge is 2.07. The molecule has 0 radical (unpaired) electrons. The van der Waals surface area contributed by atoms with E-state index in [2.05, 4.69) is 18.7 Å². The van der Waals surface area contributed by atoms with Crippen LogP contribution in [0.4, 0.5) is 0 Å². The Labute approximate surface area is 49.7 Å². The molecule has 1 aliphatic rings. The van der Waals surface area contributed by atoms with E-state index in [9.17, 15) is 0 Å². The summed E-state index contributed by atoms with van der Waals surface area (Å²) in [6.45, 7) is 5.95. The zero-order valence-corrected chi connectivity index (χ0v) is 5.35. The first-order valence-corrected chi connectivity index (χ1v) is 2.88. The van der Waals surface area contributed by atoms with Gasteiger partial charge in [0.05, 0.1) is 0 Å². The summed E-state index contributed by atoms with van der Waals surface area (Å²) in [6, 6.07) is 0. The van der Waals surface area contributed by atoms with Gasteiger partial charge in [-0.1, -0.05) is 0 Å². The summed E-state index contributed by atoms with van der Waals surface area (Å²) < 4.78 is 5.02. The maximum absolute atomic E-state index is 5.02. The van der Waals surface area contributed by atoms with Crippen LogP contribution < -0.4 is 0 Å². The van der Waals surface area contributed by atoms with Crippen LogP contribution in [0, 0.1) is 0 Å². The van der Waals surface area contributed by atoms with Gasteiger partial charge in [-0.25, -0.2) is 0 Å². The maximum Gasteiger partial charge on any atom is 0.160 e. The molecule has 2 nitrogen and oxygen atoms in total. The fourth-order valence-electron chi connectivity index (χ4n) is 0.765. The van der Waals surface area contributed by atoms with Gasteiger partial charge in [-0.05, 0) is 13.8 Å². The molecule has 1 rings (SSSR count). The number of nitrogens with zero attached hydrogens (tertiary/aromatic N) is 1. The third kappa shape index (κ3) is 0.782. The molecule has 8 heavy (non-hydrogen) atoms. The van der Waals surface area contributed by atoms with Gasteiger partial charge in [-0.15, -0.1) is 0 Å². The van der Waals surface area contributed by atoms with Crippen molar-refractivity contribution in [3.63, 3.8) is 0 Å². The fourth-order valence-corrected chi connectivity index (χ4v) is 0.765. The van der Waals surface area contributed by atoms with Crippen LogP contribution in [0.3, 0.4) is 0 Å². The number of hydrogen-bond donors (Lipinski definition) is 0. The van der Waals surface area contributed by atoms with Crippen LogP contribution >= 0.6 is 0 Å². The van der Waals surface area contributed by atoms with Gasteiger partial charge in [0.2, 0.25) is 0 Å². The lowest BCUT2D eigenvalue weighted by molar-refractivity contribution is 0.171. The van der Waals surface area contributed by atoms with Crippen LogP contribution in [0.25, 0.3) is 0 Å². The first-order valence-electron chi connectivity index (χ1n) is 2.88. The van der Waals surface area contributed by atoms with Gasteiger partial charge in [-0.2, -0.15) is 0 Å². The average molecular weight is 113 g/mol. The first kappa shape index (κ1) is 5.48. The Bertz CT molecular complexity index is 109. The van der Waals surface area contributed by atoms with E-state index in [1.54, 1.807) is 6.26 Å². The number of hydrogen-bond acceptors (Lipinski definition) is 2. The SMILES string of the molecule is CCN1COC=C1C. The second-order valence-electron chi connectivity index (χ2n) is 1.91. The molecule has 0 aliphatic carbocycles. The van der Waals surface area contributed by atoms with E-state index in [1.165, 1.54) is 5.70 Å². The van der Waals surface area contributed by atoms with E-state index in [4.69, 9.17) is 4.74 Å². The largest absolute Gasteiger partial charge is 0.479 e. The van der Waals surface area contributed by atoms with Gasteiger partial charge < -0.3 is 9.64 Å². The van der Waals surface area contributed by atoms with E-state index in [0.29, 0.717) is 0 Å². The van der Waals surface area contributed by atoms with Gasteiger partial charge in [-0.3, -0.25) is 0 Å². The Kier molecular flexibility index (Phi) is 1.42. The fraction of sp³-hybridized carbons (Fsp3) is 0.667.